The monoisotopic (exact) mass is 434 g/mol. The van der Waals surface area contributed by atoms with E-state index in [0.717, 1.165) is 62.0 Å². The Labute approximate surface area is 189 Å². The molecule has 0 radical (unpaired) electrons. The second-order valence-electron chi connectivity index (χ2n) is 9.48. The SMILES string of the molecule is CN1CCN(c2nc(NC(=O)C(C)(C)C)nc3c2CCN(c2ccc(C#N)cn2)C3)CC1. The number of nitriles is 1. The minimum Gasteiger partial charge on any atom is -0.354 e. The van der Waals surface area contributed by atoms with E-state index in [2.05, 4.69) is 38.1 Å². The number of carbonyl (C=O) groups excluding carboxylic acids is 1. The standard InChI is InChI=1S/C23H30N8O/c1-23(2,3)21(32)28-22-26-18-15-31(19-6-5-16(13-24)14-25-19)8-7-17(18)20(27-22)30-11-9-29(4)10-12-30/h5-6,14H,7-12,15H2,1-4H3,(H,26,27,28,32). The first-order valence-electron chi connectivity index (χ1n) is 11.0. The largest absolute Gasteiger partial charge is 0.354 e. The van der Waals surface area contributed by atoms with Crippen molar-refractivity contribution in [1.82, 2.24) is 19.9 Å². The fraction of sp³-hybridized carbons (Fsp3) is 0.522. The number of piperazine rings is 1. The molecule has 1 N–H and O–H groups in total. The first kappa shape index (κ1) is 22.0. The molecule has 2 aromatic heterocycles. The number of carbonyl (C=O) groups is 1. The van der Waals surface area contributed by atoms with Crippen molar-refractivity contribution in [3.8, 4) is 6.07 Å². The molecular weight excluding hydrogens is 404 g/mol. The van der Waals surface area contributed by atoms with Crippen LogP contribution < -0.4 is 15.1 Å². The lowest BCUT2D eigenvalue weighted by molar-refractivity contribution is -0.123. The minimum absolute atomic E-state index is 0.108. The van der Waals surface area contributed by atoms with Crippen molar-refractivity contribution in [3.63, 3.8) is 0 Å². The summed E-state index contributed by atoms with van der Waals surface area (Å²) < 4.78 is 0. The van der Waals surface area contributed by atoms with E-state index in [9.17, 15) is 4.79 Å². The van der Waals surface area contributed by atoms with E-state index in [0.29, 0.717) is 18.1 Å². The van der Waals surface area contributed by atoms with Crippen molar-refractivity contribution < 1.29 is 4.79 Å². The first-order valence-corrected chi connectivity index (χ1v) is 11.0. The summed E-state index contributed by atoms with van der Waals surface area (Å²) in [5.74, 6) is 1.99. The van der Waals surface area contributed by atoms with Crippen LogP contribution in [0.3, 0.4) is 0 Å². The van der Waals surface area contributed by atoms with Crippen molar-refractivity contribution in [2.24, 2.45) is 5.41 Å². The molecule has 0 atom stereocenters. The second-order valence-corrected chi connectivity index (χ2v) is 9.48. The van der Waals surface area contributed by atoms with Gasteiger partial charge in [-0.15, -0.1) is 0 Å². The lowest BCUT2D eigenvalue weighted by Crippen LogP contribution is -2.46. The number of nitrogens with one attached hydrogen (secondary N) is 1. The Morgan fingerprint density at radius 1 is 1.09 bits per heavy atom. The van der Waals surface area contributed by atoms with Crippen molar-refractivity contribution in [1.29, 1.82) is 5.26 Å². The van der Waals surface area contributed by atoms with Gasteiger partial charge < -0.3 is 14.7 Å². The Morgan fingerprint density at radius 3 is 2.47 bits per heavy atom. The van der Waals surface area contributed by atoms with Gasteiger partial charge in [0.15, 0.2) is 0 Å². The number of nitrogens with zero attached hydrogens (tertiary/aromatic N) is 7. The number of anilines is 3. The number of aromatic nitrogens is 3. The Kier molecular flexibility index (Phi) is 5.98. The zero-order chi connectivity index (χ0) is 22.9. The molecule has 2 aliphatic rings. The van der Waals surface area contributed by atoms with Crippen LogP contribution in [0.5, 0.6) is 0 Å². The Hall–Kier alpha value is -3.25. The quantitative estimate of drug-likeness (QED) is 0.783. The highest BCUT2D eigenvalue weighted by molar-refractivity contribution is 5.93. The lowest BCUT2D eigenvalue weighted by atomic mass is 9.96. The Balaban J connectivity index is 1.66. The molecule has 9 heteroatoms. The van der Waals surface area contributed by atoms with Crippen molar-refractivity contribution >= 4 is 23.5 Å². The van der Waals surface area contributed by atoms with E-state index in [1.165, 1.54) is 0 Å². The summed E-state index contributed by atoms with van der Waals surface area (Å²) in [6.45, 7) is 10.7. The van der Waals surface area contributed by atoms with Gasteiger partial charge in [0.25, 0.3) is 0 Å². The van der Waals surface area contributed by atoms with E-state index in [1.807, 2.05) is 26.8 Å². The van der Waals surface area contributed by atoms with Crippen LogP contribution in [0.2, 0.25) is 0 Å². The average Bonchev–Trinajstić information content (AvgIpc) is 2.78. The summed E-state index contributed by atoms with van der Waals surface area (Å²) in [6, 6.07) is 5.76. The molecule has 0 aliphatic carbocycles. The van der Waals surface area contributed by atoms with Gasteiger partial charge in [-0.1, -0.05) is 20.8 Å². The normalized spacial score (nSPS) is 17.0. The fourth-order valence-corrected chi connectivity index (χ4v) is 3.87. The van der Waals surface area contributed by atoms with Crippen LogP contribution >= 0.6 is 0 Å². The topological polar surface area (TPSA) is 101 Å². The van der Waals surface area contributed by atoms with Gasteiger partial charge in [-0.25, -0.2) is 9.97 Å². The molecule has 0 spiro atoms. The van der Waals surface area contributed by atoms with Crippen LogP contribution in [-0.2, 0) is 17.8 Å². The summed E-state index contributed by atoms with van der Waals surface area (Å²) in [6.07, 6.45) is 2.39. The van der Waals surface area contributed by atoms with Crippen molar-refractivity contribution in [3.05, 3.63) is 35.2 Å². The maximum Gasteiger partial charge on any atom is 0.232 e. The van der Waals surface area contributed by atoms with E-state index in [-0.39, 0.29) is 5.91 Å². The molecule has 2 aliphatic heterocycles. The fourth-order valence-electron chi connectivity index (χ4n) is 3.87. The van der Waals surface area contributed by atoms with Crippen molar-refractivity contribution in [2.45, 2.75) is 33.7 Å². The molecule has 0 bridgehead atoms. The van der Waals surface area contributed by atoms with Gasteiger partial charge in [0.1, 0.15) is 17.7 Å². The van der Waals surface area contributed by atoms with Gasteiger partial charge in [-0.2, -0.15) is 10.2 Å². The summed E-state index contributed by atoms with van der Waals surface area (Å²) in [5.41, 5.74) is 2.06. The number of rotatable bonds is 3. The van der Waals surface area contributed by atoms with Crippen LogP contribution in [0.4, 0.5) is 17.6 Å². The van der Waals surface area contributed by atoms with E-state index in [4.69, 9.17) is 15.2 Å². The number of pyridine rings is 1. The van der Waals surface area contributed by atoms with Crippen molar-refractivity contribution in [2.75, 3.05) is 54.9 Å². The molecule has 1 saturated heterocycles. The van der Waals surface area contributed by atoms with Crippen LogP contribution in [-0.4, -0.2) is 65.5 Å². The molecule has 9 nitrogen and oxygen atoms in total. The zero-order valence-corrected chi connectivity index (χ0v) is 19.2. The zero-order valence-electron chi connectivity index (χ0n) is 19.2. The third-order valence-electron chi connectivity index (χ3n) is 5.95. The van der Waals surface area contributed by atoms with Gasteiger partial charge in [-0.05, 0) is 25.6 Å². The molecule has 4 heterocycles. The van der Waals surface area contributed by atoms with Crippen LogP contribution in [0.15, 0.2) is 18.3 Å². The van der Waals surface area contributed by atoms with E-state index < -0.39 is 5.41 Å². The first-order chi connectivity index (χ1) is 15.2. The van der Waals surface area contributed by atoms with E-state index >= 15 is 0 Å². The highest BCUT2D eigenvalue weighted by Gasteiger charge is 2.29. The summed E-state index contributed by atoms with van der Waals surface area (Å²) in [7, 11) is 2.13. The maximum atomic E-state index is 12.6. The number of likely N-dealkylation sites (N-methyl/N-ethyl adjacent to an activating group) is 1. The third-order valence-corrected chi connectivity index (χ3v) is 5.95. The molecule has 2 aromatic rings. The lowest BCUT2D eigenvalue weighted by Gasteiger charge is -2.37. The van der Waals surface area contributed by atoms with Crippen LogP contribution in [0.1, 0.15) is 37.6 Å². The second kappa shape index (κ2) is 8.71. The predicted octanol–water partition coefficient (Wildman–Crippen LogP) is 2.04. The Morgan fingerprint density at radius 2 is 1.84 bits per heavy atom. The summed E-state index contributed by atoms with van der Waals surface area (Å²) in [4.78, 5) is 33.4. The maximum absolute atomic E-state index is 12.6. The number of hydrogen-bond acceptors (Lipinski definition) is 8. The van der Waals surface area contributed by atoms with Gasteiger partial charge >= 0.3 is 0 Å². The number of hydrogen-bond donors (Lipinski definition) is 1. The number of amides is 1. The summed E-state index contributed by atoms with van der Waals surface area (Å²) in [5, 5.41) is 12.0. The highest BCUT2D eigenvalue weighted by atomic mass is 16.2. The van der Waals surface area contributed by atoms with Gasteiger partial charge in [-0.3, -0.25) is 10.1 Å². The molecular formula is C23H30N8O. The van der Waals surface area contributed by atoms with Crippen LogP contribution in [0.25, 0.3) is 0 Å². The third kappa shape index (κ3) is 4.65. The minimum atomic E-state index is -0.536. The highest BCUT2D eigenvalue weighted by Crippen LogP contribution is 2.30. The smallest absolute Gasteiger partial charge is 0.232 e. The molecule has 168 valence electrons. The molecule has 0 aromatic carbocycles. The summed E-state index contributed by atoms with van der Waals surface area (Å²) >= 11 is 0. The molecule has 0 saturated carbocycles. The van der Waals surface area contributed by atoms with E-state index in [1.54, 1.807) is 12.3 Å². The molecule has 0 unspecified atom stereocenters. The van der Waals surface area contributed by atoms with Crippen LogP contribution in [0, 0.1) is 16.7 Å². The molecule has 1 amide bonds. The molecule has 1 fully saturated rings. The number of fused-ring (bicyclic) bond motifs is 1. The van der Waals surface area contributed by atoms with Gasteiger partial charge in [0.2, 0.25) is 11.9 Å². The molecule has 4 rings (SSSR count). The van der Waals surface area contributed by atoms with Gasteiger partial charge in [0, 0.05) is 49.9 Å². The molecule has 32 heavy (non-hydrogen) atoms. The van der Waals surface area contributed by atoms with Gasteiger partial charge in [0.05, 0.1) is 17.8 Å². The Bertz CT molecular complexity index is 1030. The average molecular weight is 435 g/mol. The predicted molar refractivity (Wildman–Crippen MR) is 124 cm³/mol.